The van der Waals surface area contributed by atoms with Gasteiger partial charge in [-0.1, -0.05) is 0 Å². The van der Waals surface area contributed by atoms with Gasteiger partial charge in [0.05, 0.1) is 12.3 Å². The summed E-state index contributed by atoms with van der Waals surface area (Å²) in [6.45, 7) is 1.80. The van der Waals surface area contributed by atoms with Gasteiger partial charge in [-0.05, 0) is 32.1 Å². The highest BCUT2D eigenvalue weighted by atomic mass is 16.3. The van der Waals surface area contributed by atoms with Crippen molar-refractivity contribution in [1.82, 2.24) is 14.8 Å². The van der Waals surface area contributed by atoms with Crippen LogP contribution in [0.1, 0.15) is 22.5 Å². The molecule has 1 fully saturated rings. The minimum absolute atomic E-state index is 0.00704. The first-order chi connectivity index (χ1) is 8.61. The lowest BCUT2D eigenvalue weighted by Crippen LogP contribution is -2.38. The summed E-state index contributed by atoms with van der Waals surface area (Å²) in [5.41, 5.74) is 1.11. The van der Waals surface area contributed by atoms with E-state index in [-0.39, 0.29) is 18.6 Å². The highest BCUT2D eigenvalue weighted by Gasteiger charge is 2.26. The van der Waals surface area contributed by atoms with E-state index in [1.54, 1.807) is 23.2 Å². The zero-order valence-corrected chi connectivity index (χ0v) is 10.8. The van der Waals surface area contributed by atoms with E-state index in [9.17, 15) is 4.79 Å². The number of amides is 1. The third-order valence-corrected chi connectivity index (χ3v) is 3.46. The SMILES string of the molecule is CN1CCC(N(C)C(=O)c2ccnc(CO)c2)C1. The smallest absolute Gasteiger partial charge is 0.254 e. The number of nitrogens with zero attached hydrogens (tertiary/aromatic N) is 3. The molecule has 0 aliphatic carbocycles. The van der Waals surface area contributed by atoms with Crippen LogP contribution in [0.25, 0.3) is 0 Å². The molecule has 5 heteroatoms. The summed E-state index contributed by atoms with van der Waals surface area (Å²) >= 11 is 0. The number of hydrogen-bond acceptors (Lipinski definition) is 4. The fraction of sp³-hybridized carbons (Fsp3) is 0.538. The van der Waals surface area contributed by atoms with Gasteiger partial charge in [0, 0.05) is 31.4 Å². The lowest BCUT2D eigenvalue weighted by Gasteiger charge is -2.24. The first-order valence-corrected chi connectivity index (χ1v) is 6.13. The number of likely N-dealkylation sites (N-methyl/N-ethyl adjacent to an activating group) is 2. The van der Waals surface area contributed by atoms with Crippen LogP contribution >= 0.6 is 0 Å². The molecule has 5 nitrogen and oxygen atoms in total. The molecule has 1 atom stereocenters. The molecule has 0 radical (unpaired) electrons. The predicted octanol–water partition coefficient (Wildman–Crippen LogP) is 0.350. The monoisotopic (exact) mass is 249 g/mol. The molecular weight excluding hydrogens is 230 g/mol. The normalized spacial score (nSPS) is 20.1. The molecule has 1 aliphatic heterocycles. The molecular formula is C13H19N3O2. The van der Waals surface area contributed by atoms with Gasteiger partial charge in [-0.3, -0.25) is 9.78 Å². The number of likely N-dealkylation sites (tertiary alicyclic amines) is 1. The number of aliphatic hydroxyl groups is 1. The largest absolute Gasteiger partial charge is 0.390 e. The minimum Gasteiger partial charge on any atom is -0.390 e. The van der Waals surface area contributed by atoms with Crippen LogP contribution in [0.2, 0.25) is 0 Å². The highest BCUT2D eigenvalue weighted by Crippen LogP contribution is 2.15. The molecule has 2 heterocycles. The first kappa shape index (κ1) is 13.0. The van der Waals surface area contributed by atoms with Gasteiger partial charge in [0.15, 0.2) is 0 Å². The Morgan fingerprint density at radius 2 is 2.44 bits per heavy atom. The van der Waals surface area contributed by atoms with Crippen LogP contribution in [0, 0.1) is 0 Å². The Balaban J connectivity index is 2.10. The Morgan fingerprint density at radius 3 is 3.06 bits per heavy atom. The Kier molecular flexibility index (Phi) is 3.93. The van der Waals surface area contributed by atoms with E-state index in [1.807, 2.05) is 7.05 Å². The summed E-state index contributed by atoms with van der Waals surface area (Å²) in [5, 5.41) is 9.03. The number of rotatable bonds is 3. The minimum atomic E-state index is -0.142. The molecule has 1 unspecified atom stereocenters. The molecule has 0 saturated carbocycles. The van der Waals surface area contributed by atoms with Crippen molar-refractivity contribution in [3.63, 3.8) is 0 Å². The maximum atomic E-state index is 12.3. The van der Waals surface area contributed by atoms with E-state index in [0.717, 1.165) is 19.5 Å². The quantitative estimate of drug-likeness (QED) is 0.840. The molecule has 2 rings (SSSR count). The topological polar surface area (TPSA) is 56.7 Å². The zero-order valence-electron chi connectivity index (χ0n) is 10.8. The van der Waals surface area contributed by atoms with E-state index in [1.165, 1.54) is 0 Å². The van der Waals surface area contributed by atoms with Crippen molar-refractivity contribution in [1.29, 1.82) is 0 Å². The number of carbonyl (C=O) groups excluding carboxylic acids is 1. The number of carbonyl (C=O) groups is 1. The van der Waals surface area contributed by atoms with Gasteiger partial charge < -0.3 is 14.9 Å². The van der Waals surface area contributed by atoms with E-state index in [0.29, 0.717) is 11.3 Å². The van der Waals surface area contributed by atoms with Gasteiger partial charge in [0.2, 0.25) is 0 Å². The van der Waals surface area contributed by atoms with Crippen LogP contribution in [0.4, 0.5) is 0 Å². The molecule has 1 aromatic heterocycles. The van der Waals surface area contributed by atoms with E-state index in [2.05, 4.69) is 16.9 Å². The number of aromatic nitrogens is 1. The molecule has 1 aliphatic rings. The van der Waals surface area contributed by atoms with Gasteiger partial charge in [-0.2, -0.15) is 0 Å². The van der Waals surface area contributed by atoms with Crippen LogP contribution in [-0.4, -0.2) is 59.0 Å². The Bertz CT molecular complexity index is 436. The van der Waals surface area contributed by atoms with Crippen LogP contribution in [-0.2, 0) is 6.61 Å². The van der Waals surface area contributed by atoms with E-state index >= 15 is 0 Å². The van der Waals surface area contributed by atoms with Crippen molar-refractivity contribution in [2.75, 3.05) is 27.2 Å². The van der Waals surface area contributed by atoms with Crippen molar-refractivity contribution in [3.8, 4) is 0 Å². The predicted molar refractivity (Wildman–Crippen MR) is 68.2 cm³/mol. The molecule has 1 aromatic rings. The lowest BCUT2D eigenvalue weighted by atomic mass is 10.1. The molecule has 1 N–H and O–H groups in total. The summed E-state index contributed by atoms with van der Waals surface area (Å²) in [5.74, 6) is -0.00704. The number of pyridine rings is 1. The van der Waals surface area contributed by atoms with Gasteiger partial charge in [0.25, 0.3) is 5.91 Å². The van der Waals surface area contributed by atoms with Crippen molar-refractivity contribution < 1.29 is 9.90 Å². The second-order valence-electron chi connectivity index (χ2n) is 4.81. The van der Waals surface area contributed by atoms with Crippen LogP contribution < -0.4 is 0 Å². The molecule has 1 amide bonds. The fourth-order valence-corrected chi connectivity index (χ4v) is 2.30. The van der Waals surface area contributed by atoms with Crippen LogP contribution in [0.15, 0.2) is 18.3 Å². The Hall–Kier alpha value is -1.46. The summed E-state index contributed by atoms with van der Waals surface area (Å²) < 4.78 is 0. The maximum Gasteiger partial charge on any atom is 0.254 e. The van der Waals surface area contributed by atoms with Crippen LogP contribution in [0.5, 0.6) is 0 Å². The molecule has 1 saturated heterocycles. The van der Waals surface area contributed by atoms with Gasteiger partial charge in [0.1, 0.15) is 0 Å². The summed E-state index contributed by atoms with van der Waals surface area (Å²) in [4.78, 5) is 20.3. The molecule has 98 valence electrons. The van der Waals surface area contributed by atoms with E-state index < -0.39 is 0 Å². The summed E-state index contributed by atoms with van der Waals surface area (Å²) in [6.07, 6.45) is 2.57. The van der Waals surface area contributed by atoms with E-state index in [4.69, 9.17) is 5.11 Å². The van der Waals surface area contributed by atoms with Crippen molar-refractivity contribution in [2.24, 2.45) is 0 Å². The lowest BCUT2D eigenvalue weighted by molar-refractivity contribution is 0.0737. The third kappa shape index (κ3) is 2.68. The first-order valence-electron chi connectivity index (χ1n) is 6.13. The highest BCUT2D eigenvalue weighted by molar-refractivity contribution is 5.94. The molecule has 0 aromatic carbocycles. The summed E-state index contributed by atoms with van der Waals surface area (Å²) in [6, 6.07) is 3.61. The fourth-order valence-electron chi connectivity index (χ4n) is 2.30. The second-order valence-corrected chi connectivity index (χ2v) is 4.81. The Labute approximate surface area is 107 Å². The Morgan fingerprint density at radius 1 is 1.67 bits per heavy atom. The van der Waals surface area contributed by atoms with Crippen molar-refractivity contribution >= 4 is 5.91 Å². The third-order valence-electron chi connectivity index (χ3n) is 3.46. The standard InChI is InChI=1S/C13H19N3O2/c1-15-6-4-12(8-15)16(2)13(18)10-3-5-14-11(7-10)9-17/h3,5,7,12,17H,4,6,8-9H2,1-2H3. The average molecular weight is 249 g/mol. The second kappa shape index (κ2) is 5.46. The van der Waals surface area contributed by atoms with Gasteiger partial charge in [-0.15, -0.1) is 0 Å². The molecule has 18 heavy (non-hydrogen) atoms. The number of hydrogen-bond donors (Lipinski definition) is 1. The summed E-state index contributed by atoms with van der Waals surface area (Å²) in [7, 11) is 3.90. The maximum absolute atomic E-state index is 12.3. The van der Waals surface area contributed by atoms with Crippen LogP contribution in [0.3, 0.4) is 0 Å². The molecule has 0 bridgehead atoms. The zero-order chi connectivity index (χ0) is 13.1. The average Bonchev–Trinajstić information content (AvgIpc) is 2.83. The van der Waals surface area contributed by atoms with Crippen molar-refractivity contribution in [3.05, 3.63) is 29.6 Å². The molecule has 0 spiro atoms. The van der Waals surface area contributed by atoms with Crippen molar-refractivity contribution in [2.45, 2.75) is 19.1 Å². The van der Waals surface area contributed by atoms with Gasteiger partial charge in [-0.25, -0.2) is 0 Å². The number of aliphatic hydroxyl groups excluding tert-OH is 1. The van der Waals surface area contributed by atoms with Gasteiger partial charge >= 0.3 is 0 Å².